The molecule has 1 spiro atoms. The number of aliphatic hydroxyl groups excluding tert-OH is 1. The molecule has 1 unspecified atom stereocenters. The van der Waals surface area contributed by atoms with Crippen LogP contribution in [0.25, 0.3) is 11.6 Å². The third kappa shape index (κ3) is 5.77. The van der Waals surface area contributed by atoms with E-state index in [9.17, 15) is 29.0 Å². The number of benzene rings is 2. The molecule has 0 radical (unpaired) electrons. The van der Waals surface area contributed by atoms with Gasteiger partial charge >= 0.3 is 7.82 Å². The number of oxazole rings is 2. The smallest absolute Gasteiger partial charge is 0.469 e. The van der Waals surface area contributed by atoms with Gasteiger partial charge in [-0.25, -0.2) is 14.5 Å². The number of rotatable bonds is 9. The molecule has 4 bridgehead atoms. The lowest BCUT2D eigenvalue weighted by molar-refractivity contribution is -0.135. The molecule has 5 heterocycles. The molecule has 2 aromatic carbocycles. The summed E-state index contributed by atoms with van der Waals surface area (Å²) in [7, 11) is -4.78. The molecule has 258 valence electrons. The zero-order valence-corrected chi connectivity index (χ0v) is 28.1. The number of nitrogens with one attached hydrogen (secondary N) is 2. The third-order valence-electron chi connectivity index (χ3n) is 9.37. The first-order valence-electron chi connectivity index (χ1n) is 16.1. The molecule has 0 fully saturated rings. The van der Waals surface area contributed by atoms with Crippen molar-refractivity contribution in [2.24, 2.45) is 17.8 Å². The van der Waals surface area contributed by atoms with Gasteiger partial charge in [-0.2, -0.15) is 0 Å². The zero-order chi connectivity index (χ0) is 34.8. The number of anilines is 1. The first-order valence-corrected chi connectivity index (χ1v) is 17.6. The van der Waals surface area contributed by atoms with E-state index in [0.29, 0.717) is 11.5 Å². The summed E-state index contributed by atoms with van der Waals surface area (Å²) >= 11 is 0. The molecule has 7 rings (SSSR count). The molecular formula is C34H37N4O10P. The van der Waals surface area contributed by atoms with Gasteiger partial charge in [0.25, 0.3) is 0 Å². The summed E-state index contributed by atoms with van der Waals surface area (Å²) in [6.07, 6.45) is -0.615. The number of amides is 1. The van der Waals surface area contributed by atoms with E-state index < -0.39 is 55.8 Å². The van der Waals surface area contributed by atoms with Gasteiger partial charge < -0.3 is 39.1 Å². The highest BCUT2D eigenvalue weighted by atomic mass is 31.2. The Balaban J connectivity index is 1.44. The quantitative estimate of drug-likeness (QED) is 0.155. The molecule has 5 atom stereocenters. The molecule has 0 saturated heterocycles. The molecule has 2 aromatic heterocycles. The lowest BCUT2D eigenvalue weighted by Crippen LogP contribution is -2.41. The van der Waals surface area contributed by atoms with E-state index in [1.807, 2.05) is 56.3 Å². The Kier molecular flexibility index (Phi) is 8.27. The number of carbonyl (C=O) groups is 2. The van der Waals surface area contributed by atoms with Crippen LogP contribution in [0.2, 0.25) is 0 Å². The van der Waals surface area contributed by atoms with Gasteiger partial charge in [-0.1, -0.05) is 58.0 Å². The lowest BCUT2D eigenvalue weighted by Gasteiger charge is -2.28. The van der Waals surface area contributed by atoms with Crippen LogP contribution in [-0.4, -0.2) is 48.9 Å². The van der Waals surface area contributed by atoms with Crippen LogP contribution >= 0.6 is 7.82 Å². The lowest BCUT2D eigenvalue weighted by atomic mass is 9.72. The highest BCUT2D eigenvalue weighted by molar-refractivity contribution is 7.46. The van der Waals surface area contributed by atoms with Crippen LogP contribution in [0.15, 0.2) is 57.6 Å². The topological polar surface area (TPSA) is 206 Å². The van der Waals surface area contributed by atoms with Crippen LogP contribution in [0.4, 0.5) is 5.69 Å². The zero-order valence-electron chi connectivity index (χ0n) is 27.2. The molecule has 0 saturated carbocycles. The van der Waals surface area contributed by atoms with Crippen LogP contribution in [0, 0.1) is 17.8 Å². The number of Topliss-reactive ketones (excluding diaryl/α,β-unsaturated/α-hetero) is 1. The van der Waals surface area contributed by atoms with E-state index in [1.165, 1.54) is 6.26 Å². The summed E-state index contributed by atoms with van der Waals surface area (Å²) in [5.74, 6) is -1.07. The molecule has 49 heavy (non-hydrogen) atoms. The number of para-hydroxylation sites is 1. The van der Waals surface area contributed by atoms with Gasteiger partial charge in [0.15, 0.2) is 23.5 Å². The van der Waals surface area contributed by atoms with Gasteiger partial charge in [-0.3, -0.25) is 14.1 Å². The first-order chi connectivity index (χ1) is 23.3. The maximum absolute atomic E-state index is 14.0. The monoisotopic (exact) mass is 692 g/mol. The second-order valence-corrected chi connectivity index (χ2v) is 14.7. The van der Waals surface area contributed by atoms with Crippen molar-refractivity contribution < 1.29 is 47.1 Å². The van der Waals surface area contributed by atoms with Crippen molar-refractivity contribution in [3.05, 3.63) is 82.8 Å². The van der Waals surface area contributed by atoms with Crippen molar-refractivity contribution in [3.8, 4) is 17.3 Å². The van der Waals surface area contributed by atoms with Crippen molar-refractivity contribution in [2.45, 2.75) is 70.9 Å². The van der Waals surface area contributed by atoms with E-state index in [-0.39, 0.29) is 47.8 Å². The number of hydrogen-bond acceptors (Lipinski definition) is 11. The number of aliphatic hydroxyl groups is 1. The average Bonchev–Trinajstić information content (AvgIpc) is 3.82. The summed E-state index contributed by atoms with van der Waals surface area (Å²) in [6, 6.07) is 12.6. The van der Waals surface area contributed by atoms with E-state index in [0.717, 1.165) is 22.4 Å². The number of aromatic nitrogens is 2. The van der Waals surface area contributed by atoms with Gasteiger partial charge in [-0.05, 0) is 41.5 Å². The van der Waals surface area contributed by atoms with Crippen molar-refractivity contribution in [1.82, 2.24) is 15.3 Å². The van der Waals surface area contributed by atoms with Crippen molar-refractivity contribution >= 4 is 25.2 Å². The third-order valence-corrected chi connectivity index (χ3v) is 9.84. The maximum atomic E-state index is 14.0. The van der Waals surface area contributed by atoms with Gasteiger partial charge in [0.2, 0.25) is 17.7 Å². The number of fused-ring (bicyclic) bond motifs is 4. The molecule has 15 heteroatoms. The molecule has 0 aliphatic carbocycles. The Hall–Kier alpha value is -4.33. The Labute approximate surface area is 281 Å². The Morgan fingerprint density at radius 1 is 1.10 bits per heavy atom. The Bertz CT molecular complexity index is 1980. The number of phosphoric acid groups is 1. The molecule has 4 aromatic rings. The van der Waals surface area contributed by atoms with Crippen molar-refractivity contribution in [1.29, 1.82) is 0 Å². The first kappa shape index (κ1) is 33.2. The normalized spacial score (nSPS) is 23.2. The van der Waals surface area contributed by atoms with E-state index in [4.69, 9.17) is 18.6 Å². The van der Waals surface area contributed by atoms with Crippen LogP contribution in [-0.2, 0) is 37.1 Å². The highest BCUT2D eigenvalue weighted by Gasteiger charge is 2.61. The minimum absolute atomic E-state index is 0.00581. The highest BCUT2D eigenvalue weighted by Crippen LogP contribution is 2.59. The summed E-state index contributed by atoms with van der Waals surface area (Å²) < 4.78 is 35.2. The second-order valence-electron chi connectivity index (χ2n) is 13.5. The van der Waals surface area contributed by atoms with Gasteiger partial charge in [0, 0.05) is 23.6 Å². The fourth-order valence-electron chi connectivity index (χ4n) is 6.93. The number of hydrogen-bond donors (Lipinski definition) is 5. The molecule has 3 aliphatic heterocycles. The van der Waals surface area contributed by atoms with Gasteiger partial charge in [0.05, 0.1) is 0 Å². The Morgan fingerprint density at radius 3 is 2.61 bits per heavy atom. The summed E-state index contributed by atoms with van der Waals surface area (Å²) in [5, 5.41) is 17.1. The molecule has 14 nitrogen and oxygen atoms in total. The molecule has 3 aliphatic rings. The number of ketones is 1. The number of ether oxygens (including phenoxy) is 1. The summed E-state index contributed by atoms with van der Waals surface area (Å²) in [4.78, 5) is 55.0. The van der Waals surface area contributed by atoms with Crippen LogP contribution in [0.3, 0.4) is 0 Å². The van der Waals surface area contributed by atoms with Crippen LogP contribution < -0.4 is 15.4 Å². The largest absolute Gasteiger partial charge is 0.469 e. The fourth-order valence-corrected chi connectivity index (χ4v) is 7.23. The van der Waals surface area contributed by atoms with Gasteiger partial charge in [0.1, 0.15) is 41.9 Å². The van der Waals surface area contributed by atoms with Gasteiger partial charge in [-0.15, -0.1) is 0 Å². The fraction of sp³-hybridized carbons (Fsp3) is 0.412. The predicted octanol–water partition coefficient (Wildman–Crippen LogP) is 4.38. The van der Waals surface area contributed by atoms with Crippen LogP contribution in [0.5, 0.6) is 5.75 Å². The predicted molar refractivity (Wildman–Crippen MR) is 173 cm³/mol. The number of phosphoric ester groups is 1. The average molecular weight is 693 g/mol. The van der Waals surface area contributed by atoms with Crippen molar-refractivity contribution in [2.75, 3.05) is 5.32 Å². The molecule has 1 amide bonds. The Morgan fingerprint density at radius 2 is 1.88 bits per heavy atom. The van der Waals surface area contributed by atoms with E-state index >= 15 is 0 Å². The summed E-state index contributed by atoms with van der Waals surface area (Å²) in [5.41, 5.74) is 2.35. The maximum Gasteiger partial charge on any atom is 0.469 e. The summed E-state index contributed by atoms with van der Waals surface area (Å²) in [6.45, 7) is 6.79. The number of nitrogens with zero attached hydrogens (tertiary/aromatic N) is 2. The van der Waals surface area contributed by atoms with E-state index in [1.54, 1.807) is 13.8 Å². The second kappa shape index (κ2) is 12.2. The SMILES string of the molecule is CC(C)[C@H](O)C(=O)C[C@H]1Cc2ccc3c(c2)C2(c4ccccc4N[C@H]2O3)c2oc(nc2-c2nc(COP(=O)(O)O)co2)[C@H](C(C)C)NC1=O. The van der Waals surface area contributed by atoms with E-state index in [2.05, 4.69) is 20.1 Å². The van der Waals surface area contributed by atoms with Crippen LogP contribution in [0.1, 0.15) is 74.2 Å². The molecule has 5 N–H and O–H groups in total. The standard InChI is InChI=1S/C34H37N4O10P/c1-16(2)26-32-38-27(31-35-20(14-45-31)15-46-49(42,43)44)29(48-32)34-21-7-5-6-8-23(21)36-33(34)47-25-10-9-18(12-22(25)34)11-19(30(41)37-26)13-24(39)28(40)17(3)4/h5-10,12,14,16-17,19,26,28,33,36,40H,11,13,15H2,1-4H3,(H,37,41)(H2,42,43,44)/t19-,26+,28+,33+,34?/m1/s1. The number of carbonyl (C=O) groups excluding carboxylic acids is 2. The minimum atomic E-state index is -4.78. The molecular weight excluding hydrogens is 655 g/mol. The minimum Gasteiger partial charge on any atom is -0.469 e. The van der Waals surface area contributed by atoms with Crippen molar-refractivity contribution in [3.63, 3.8) is 0 Å².